The Hall–Kier alpha value is -0.151. The van der Waals surface area contributed by atoms with E-state index in [-0.39, 0.29) is 18.1 Å². The van der Waals surface area contributed by atoms with Gasteiger partial charge in [0.1, 0.15) is 0 Å². The second-order valence-corrected chi connectivity index (χ2v) is 7.79. The van der Waals surface area contributed by atoms with E-state index in [1.165, 1.54) is 0 Å². The minimum absolute atomic E-state index is 0.101. The topological polar surface area (TPSA) is 85.2 Å². The molecule has 6 nitrogen and oxygen atoms in total. The monoisotopic (exact) mass is 434 g/mol. The summed E-state index contributed by atoms with van der Waals surface area (Å²) in [7, 11) is 0. The summed E-state index contributed by atoms with van der Waals surface area (Å²) in [4.78, 5) is 0. The molecule has 5 unspecified atom stereocenters. The predicted molar refractivity (Wildman–Crippen MR) is 85.3 cm³/mol. The minimum atomic E-state index is -1.91. The summed E-state index contributed by atoms with van der Waals surface area (Å²) >= 11 is -1.91. The van der Waals surface area contributed by atoms with Gasteiger partial charge in [-0.3, -0.25) is 0 Å². The molecule has 0 aromatic rings. The zero-order valence-electron chi connectivity index (χ0n) is 13.8. The quantitative estimate of drug-likeness (QED) is 0.620. The first-order valence-electron chi connectivity index (χ1n) is 8.23. The van der Waals surface area contributed by atoms with Crippen LogP contribution < -0.4 is 0 Å². The zero-order chi connectivity index (χ0) is 17.0. The molecule has 0 amide bonds. The molecule has 7 heteroatoms. The molecule has 2 aliphatic heterocycles. The van der Waals surface area contributed by atoms with Gasteiger partial charge in [-0.15, -0.1) is 0 Å². The van der Waals surface area contributed by atoms with Crippen molar-refractivity contribution in [1.29, 1.82) is 0 Å². The number of ether oxygens (including phenoxy) is 3. The van der Waals surface area contributed by atoms with E-state index in [0.29, 0.717) is 6.42 Å². The predicted octanol–water partition coefficient (Wildman–Crippen LogP) is 0.655. The van der Waals surface area contributed by atoms with Gasteiger partial charge >= 0.3 is 147 Å². The van der Waals surface area contributed by atoms with Gasteiger partial charge in [0.25, 0.3) is 0 Å². The third kappa shape index (κ3) is 4.28. The summed E-state index contributed by atoms with van der Waals surface area (Å²) in [5.74, 6) is -0.437. The molecule has 0 aromatic heterocycles. The average molecular weight is 433 g/mol. The molecule has 1 saturated heterocycles. The van der Waals surface area contributed by atoms with E-state index in [9.17, 15) is 13.3 Å². The van der Waals surface area contributed by atoms with Crippen molar-refractivity contribution in [1.82, 2.24) is 0 Å². The number of aliphatic hydroxyl groups excluding tert-OH is 2. The molecule has 2 aliphatic rings. The van der Waals surface area contributed by atoms with Crippen LogP contribution in [0.5, 0.6) is 0 Å². The van der Waals surface area contributed by atoms with Crippen LogP contribution in [0.2, 0.25) is 0 Å². The first-order valence-corrected chi connectivity index (χ1v) is 11.0. The van der Waals surface area contributed by atoms with E-state index in [2.05, 4.69) is 0 Å². The molecule has 2 heterocycles. The normalized spacial score (nSPS) is 43.5. The van der Waals surface area contributed by atoms with Gasteiger partial charge in [-0.1, -0.05) is 0 Å². The second-order valence-electron chi connectivity index (χ2n) is 6.17. The Bertz CT molecular complexity index is 463. The number of rotatable bonds is 5. The van der Waals surface area contributed by atoms with E-state index in [0.717, 1.165) is 6.42 Å². The SMILES string of the molecule is CCC1O[C@@H](O[C@@H]2C(C)C=COC2CC)C(O)C([CH]=[Sn]=[O])[C@H]1O. The van der Waals surface area contributed by atoms with Gasteiger partial charge in [-0.25, -0.2) is 0 Å². The maximum atomic E-state index is 11.1. The summed E-state index contributed by atoms with van der Waals surface area (Å²) < 4.78 is 30.1. The van der Waals surface area contributed by atoms with E-state index in [1.807, 2.05) is 26.8 Å². The summed E-state index contributed by atoms with van der Waals surface area (Å²) in [6, 6.07) is 0. The second kappa shape index (κ2) is 8.80. The van der Waals surface area contributed by atoms with Gasteiger partial charge in [0.15, 0.2) is 0 Å². The molecule has 23 heavy (non-hydrogen) atoms. The molecule has 8 atom stereocenters. The molecular formula is C16H26O6Sn. The van der Waals surface area contributed by atoms with Crippen molar-refractivity contribution in [2.75, 3.05) is 0 Å². The van der Waals surface area contributed by atoms with Crippen LogP contribution in [-0.2, 0) is 17.3 Å². The van der Waals surface area contributed by atoms with Crippen molar-refractivity contribution >= 4 is 24.7 Å². The van der Waals surface area contributed by atoms with Gasteiger partial charge in [0.05, 0.1) is 0 Å². The van der Waals surface area contributed by atoms with E-state index in [4.69, 9.17) is 14.2 Å². The fraction of sp³-hybridized carbons (Fsp3) is 0.812. The van der Waals surface area contributed by atoms with Crippen LogP contribution in [0.1, 0.15) is 33.6 Å². The van der Waals surface area contributed by atoms with Crippen molar-refractivity contribution in [3.05, 3.63) is 12.3 Å². The van der Waals surface area contributed by atoms with Gasteiger partial charge < -0.3 is 0 Å². The molecule has 0 saturated carbocycles. The summed E-state index contributed by atoms with van der Waals surface area (Å²) in [5, 5.41) is 20.8. The van der Waals surface area contributed by atoms with Crippen LogP contribution >= 0.6 is 0 Å². The molecule has 1 fully saturated rings. The van der Waals surface area contributed by atoms with Crippen LogP contribution in [0, 0.1) is 11.8 Å². The molecule has 130 valence electrons. The van der Waals surface area contributed by atoms with Crippen LogP contribution in [0.15, 0.2) is 12.3 Å². The average Bonchev–Trinajstić information content (AvgIpc) is 2.55. The molecule has 0 aromatic carbocycles. The first-order chi connectivity index (χ1) is 11.0. The van der Waals surface area contributed by atoms with Gasteiger partial charge in [-0.05, 0) is 0 Å². The Morgan fingerprint density at radius 3 is 2.52 bits per heavy atom. The Balaban J connectivity index is 2.16. The van der Waals surface area contributed by atoms with Gasteiger partial charge in [0.2, 0.25) is 0 Å². The standard InChI is InChI=1S/C16H26O5.O.Sn/c1-5-11-13(17)10(4)14(18)16(20-11)21-15-9(3)7-8-19-12(15)6-2;;/h4,7-18H,5-6H2,1-3H3;;/t9?,10?,11?,12?,13-,14?,15-,16+;;/m1../s1. The van der Waals surface area contributed by atoms with Gasteiger partial charge in [-0.2, -0.15) is 0 Å². The van der Waals surface area contributed by atoms with Crippen LogP contribution in [0.3, 0.4) is 0 Å². The Kier molecular flexibility index (Phi) is 7.34. The zero-order valence-corrected chi connectivity index (χ0v) is 16.6. The number of aliphatic hydroxyl groups is 2. The van der Waals surface area contributed by atoms with E-state index in [1.54, 1.807) is 10.3 Å². The van der Waals surface area contributed by atoms with Crippen molar-refractivity contribution in [2.24, 2.45) is 11.8 Å². The molecule has 2 N–H and O–H groups in total. The Morgan fingerprint density at radius 2 is 1.91 bits per heavy atom. The van der Waals surface area contributed by atoms with Crippen molar-refractivity contribution in [2.45, 2.75) is 70.4 Å². The molecule has 0 radical (unpaired) electrons. The van der Waals surface area contributed by atoms with Crippen LogP contribution in [0.25, 0.3) is 0 Å². The van der Waals surface area contributed by atoms with E-state index >= 15 is 0 Å². The van der Waals surface area contributed by atoms with Crippen molar-refractivity contribution < 1.29 is 27.5 Å². The van der Waals surface area contributed by atoms with Crippen molar-refractivity contribution in [3.63, 3.8) is 0 Å². The third-order valence-electron chi connectivity index (χ3n) is 4.63. The molecule has 0 spiro atoms. The number of hydrogen-bond acceptors (Lipinski definition) is 6. The fourth-order valence-corrected chi connectivity index (χ4v) is 4.76. The Labute approximate surface area is 146 Å². The molecular weight excluding hydrogens is 407 g/mol. The third-order valence-corrected chi connectivity index (χ3v) is 6.12. The fourth-order valence-electron chi connectivity index (χ4n) is 3.18. The summed E-state index contributed by atoms with van der Waals surface area (Å²) in [6.45, 7) is 5.95. The van der Waals surface area contributed by atoms with E-state index < -0.39 is 51.2 Å². The Morgan fingerprint density at radius 1 is 1.22 bits per heavy atom. The summed E-state index contributed by atoms with van der Waals surface area (Å²) in [6.07, 6.45) is 1.48. The van der Waals surface area contributed by atoms with Crippen LogP contribution in [0.4, 0.5) is 0 Å². The molecule has 2 rings (SSSR count). The molecule has 0 bridgehead atoms. The number of hydrogen-bond donors (Lipinski definition) is 2. The maximum absolute atomic E-state index is 11.1. The van der Waals surface area contributed by atoms with Crippen LogP contribution in [-0.4, -0.2) is 71.7 Å². The van der Waals surface area contributed by atoms with Gasteiger partial charge in [0, 0.05) is 0 Å². The first kappa shape index (κ1) is 19.2. The molecule has 0 aliphatic carbocycles. The summed E-state index contributed by atoms with van der Waals surface area (Å²) in [5.41, 5.74) is 0. The van der Waals surface area contributed by atoms with Crippen molar-refractivity contribution in [3.8, 4) is 0 Å².